The maximum Gasteiger partial charge on any atom is 0.305 e. The molecule has 0 spiro atoms. The third-order valence-corrected chi connectivity index (χ3v) is 8.30. The van der Waals surface area contributed by atoms with Crippen LogP contribution in [0.25, 0.3) is 0 Å². The fourth-order valence-electron chi connectivity index (χ4n) is 5.66. The first-order valence-corrected chi connectivity index (χ1v) is 15.5. The summed E-state index contributed by atoms with van der Waals surface area (Å²) < 4.78 is 0. The number of benzene rings is 2. The van der Waals surface area contributed by atoms with Crippen LogP contribution in [0.1, 0.15) is 94.2 Å². The summed E-state index contributed by atoms with van der Waals surface area (Å²) in [6.45, 7) is 12.1. The van der Waals surface area contributed by atoms with E-state index in [0.29, 0.717) is 45.9 Å². The minimum atomic E-state index is -0.970. The van der Waals surface area contributed by atoms with Crippen molar-refractivity contribution in [3.05, 3.63) is 69.2 Å². The first kappa shape index (κ1) is 33.6. The standard InChI is InChI=1S/C33H43Cl2N3O4/c1-21(2)30(22-10-12-23(13-11-22)31(41)37-16-14-28(39)40)38-17-7-9-25(33(3,4)5)8-6-15-36-29(32(38)42)24-18-26(34)20-27(35)19-24/h10-13,18-21,25,30H,6-9,14-17H2,1-5H3,(H,37,41)(H,39,40). The second-order valence-electron chi connectivity index (χ2n) is 12.4. The Morgan fingerprint density at radius 2 is 1.67 bits per heavy atom. The summed E-state index contributed by atoms with van der Waals surface area (Å²) in [5, 5.41) is 12.4. The zero-order valence-corrected chi connectivity index (χ0v) is 26.8. The van der Waals surface area contributed by atoms with Gasteiger partial charge in [-0.3, -0.25) is 19.4 Å². The van der Waals surface area contributed by atoms with E-state index in [1.807, 2.05) is 17.0 Å². The number of amides is 2. The molecule has 2 aromatic rings. The van der Waals surface area contributed by atoms with E-state index >= 15 is 0 Å². The highest BCUT2D eigenvalue weighted by molar-refractivity contribution is 6.46. The molecule has 0 bridgehead atoms. The van der Waals surface area contributed by atoms with Crippen molar-refractivity contribution in [3.8, 4) is 0 Å². The van der Waals surface area contributed by atoms with E-state index in [1.165, 1.54) is 0 Å². The van der Waals surface area contributed by atoms with Crippen LogP contribution >= 0.6 is 23.2 Å². The number of aliphatic carboxylic acids is 1. The van der Waals surface area contributed by atoms with Crippen LogP contribution in [0.3, 0.4) is 0 Å². The molecule has 7 nitrogen and oxygen atoms in total. The van der Waals surface area contributed by atoms with Gasteiger partial charge in [-0.1, -0.05) is 70.0 Å². The first-order valence-electron chi connectivity index (χ1n) is 14.7. The van der Waals surface area contributed by atoms with Gasteiger partial charge in [0.15, 0.2) is 0 Å². The molecular weight excluding hydrogens is 573 g/mol. The van der Waals surface area contributed by atoms with E-state index < -0.39 is 5.97 Å². The van der Waals surface area contributed by atoms with Gasteiger partial charge in [0.25, 0.3) is 11.8 Å². The summed E-state index contributed by atoms with van der Waals surface area (Å²) in [4.78, 5) is 44.6. The van der Waals surface area contributed by atoms with Crippen molar-refractivity contribution < 1.29 is 19.5 Å². The molecule has 2 unspecified atom stereocenters. The van der Waals surface area contributed by atoms with E-state index in [9.17, 15) is 14.4 Å². The second-order valence-corrected chi connectivity index (χ2v) is 13.3. The van der Waals surface area contributed by atoms with Crippen LogP contribution in [-0.4, -0.2) is 53.1 Å². The molecule has 1 aliphatic heterocycles. The van der Waals surface area contributed by atoms with Gasteiger partial charge in [0.1, 0.15) is 5.71 Å². The van der Waals surface area contributed by atoms with Crippen LogP contribution in [0, 0.1) is 17.3 Å². The summed E-state index contributed by atoms with van der Waals surface area (Å²) >= 11 is 12.7. The monoisotopic (exact) mass is 615 g/mol. The highest BCUT2D eigenvalue weighted by Gasteiger charge is 2.33. The van der Waals surface area contributed by atoms with Crippen molar-refractivity contribution in [1.82, 2.24) is 10.2 Å². The molecule has 3 rings (SSSR count). The molecule has 2 atom stereocenters. The van der Waals surface area contributed by atoms with Crippen LogP contribution in [0.5, 0.6) is 0 Å². The van der Waals surface area contributed by atoms with Gasteiger partial charge >= 0.3 is 5.97 Å². The summed E-state index contributed by atoms with van der Waals surface area (Å²) in [5.74, 6) is -0.907. The smallest absolute Gasteiger partial charge is 0.305 e. The van der Waals surface area contributed by atoms with Gasteiger partial charge in [0, 0.05) is 40.8 Å². The van der Waals surface area contributed by atoms with E-state index in [2.05, 4.69) is 39.9 Å². The Hall–Kier alpha value is -2.90. The van der Waals surface area contributed by atoms with Gasteiger partial charge in [-0.15, -0.1) is 0 Å². The molecule has 9 heteroatoms. The minimum absolute atomic E-state index is 0.0536. The first-order chi connectivity index (χ1) is 19.8. The number of halogens is 2. The Morgan fingerprint density at radius 3 is 2.24 bits per heavy atom. The van der Waals surface area contributed by atoms with Crippen molar-refractivity contribution in [3.63, 3.8) is 0 Å². The lowest BCUT2D eigenvalue weighted by Crippen LogP contribution is -2.42. The van der Waals surface area contributed by atoms with Crippen molar-refractivity contribution in [2.45, 2.75) is 72.8 Å². The molecule has 2 N–H and O–H groups in total. The van der Waals surface area contributed by atoms with Crippen molar-refractivity contribution in [1.29, 1.82) is 0 Å². The molecule has 0 radical (unpaired) electrons. The molecule has 2 amide bonds. The average molecular weight is 617 g/mol. The zero-order chi connectivity index (χ0) is 31.0. The number of nitrogens with zero attached hydrogens (tertiary/aromatic N) is 2. The van der Waals surface area contributed by atoms with Crippen molar-refractivity contribution in [2.24, 2.45) is 22.2 Å². The number of hydrogen-bond acceptors (Lipinski definition) is 4. The Bertz CT molecular complexity index is 1260. The van der Waals surface area contributed by atoms with Crippen molar-refractivity contribution in [2.75, 3.05) is 19.6 Å². The Kier molecular flexibility index (Phi) is 12.0. The molecule has 2 aromatic carbocycles. The average Bonchev–Trinajstić information content (AvgIpc) is 2.92. The molecule has 0 saturated carbocycles. The predicted molar refractivity (Wildman–Crippen MR) is 170 cm³/mol. The number of hydrogen-bond donors (Lipinski definition) is 2. The molecular formula is C33H43Cl2N3O4. The number of nitrogens with one attached hydrogen (secondary N) is 1. The Morgan fingerprint density at radius 1 is 1.05 bits per heavy atom. The molecule has 0 saturated heterocycles. The second kappa shape index (κ2) is 15.0. The zero-order valence-electron chi connectivity index (χ0n) is 25.3. The predicted octanol–water partition coefficient (Wildman–Crippen LogP) is 7.45. The van der Waals surface area contributed by atoms with Gasteiger partial charge in [-0.2, -0.15) is 0 Å². The fraction of sp³-hybridized carbons (Fsp3) is 0.515. The normalized spacial score (nSPS) is 17.8. The summed E-state index contributed by atoms with van der Waals surface area (Å²) in [5.41, 5.74) is 2.44. The van der Waals surface area contributed by atoms with Gasteiger partial charge in [0.2, 0.25) is 0 Å². The van der Waals surface area contributed by atoms with E-state index in [4.69, 9.17) is 33.3 Å². The van der Waals surface area contributed by atoms with Crippen LogP contribution < -0.4 is 5.32 Å². The SMILES string of the molecule is CC(C)C(c1ccc(C(=O)NCCC(=O)O)cc1)N1CCCC(C(C)(C)C)CCCN=C(c2cc(Cl)cc(Cl)c2)C1=O. The van der Waals surface area contributed by atoms with Crippen LogP contribution in [0.4, 0.5) is 0 Å². The van der Waals surface area contributed by atoms with E-state index in [0.717, 1.165) is 31.2 Å². The summed E-state index contributed by atoms with van der Waals surface area (Å²) in [6.07, 6.45) is 3.63. The maximum atomic E-state index is 14.4. The molecule has 228 valence electrons. The number of carbonyl (C=O) groups excluding carboxylic acids is 2. The molecule has 1 heterocycles. The highest BCUT2D eigenvalue weighted by atomic mass is 35.5. The minimum Gasteiger partial charge on any atom is -0.481 e. The van der Waals surface area contributed by atoms with Crippen molar-refractivity contribution >= 4 is 46.7 Å². The summed E-state index contributed by atoms with van der Waals surface area (Å²) in [7, 11) is 0. The number of carboxylic acids is 1. The third kappa shape index (κ3) is 9.30. The van der Waals surface area contributed by atoms with Gasteiger partial charge in [-0.05, 0) is 78.8 Å². The maximum absolute atomic E-state index is 14.4. The van der Waals surface area contributed by atoms with Crippen LogP contribution in [0.2, 0.25) is 10.0 Å². The molecule has 0 aliphatic carbocycles. The quantitative estimate of drug-likeness (QED) is 0.322. The van der Waals surface area contributed by atoms with Gasteiger partial charge < -0.3 is 15.3 Å². The number of aliphatic imine (C=N–C) groups is 1. The molecule has 42 heavy (non-hydrogen) atoms. The van der Waals surface area contributed by atoms with E-state index in [-0.39, 0.29) is 42.2 Å². The lowest BCUT2D eigenvalue weighted by Gasteiger charge is -2.36. The fourth-order valence-corrected chi connectivity index (χ4v) is 6.19. The molecule has 0 aromatic heterocycles. The number of carbonyl (C=O) groups is 3. The lowest BCUT2D eigenvalue weighted by atomic mass is 9.75. The van der Waals surface area contributed by atoms with Crippen LogP contribution in [-0.2, 0) is 9.59 Å². The number of rotatable bonds is 8. The largest absolute Gasteiger partial charge is 0.481 e. The Labute approximate surface area is 259 Å². The molecule has 1 aliphatic rings. The van der Waals surface area contributed by atoms with E-state index in [1.54, 1.807) is 30.3 Å². The lowest BCUT2D eigenvalue weighted by molar-refractivity contribution is -0.136. The Balaban J connectivity index is 2.00. The van der Waals surface area contributed by atoms with Crippen LogP contribution in [0.15, 0.2) is 47.5 Å². The molecule has 0 fully saturated rings. The van der Waals surface area contributed by atoms with Gasteiger partial charge in [-0.25, -0.2) is 0 Å². The topological polar surface area (TPSA) is 99.1 Å². The number of carboxylic acid groups (broad SMARTS) is 1. The highest BCUT2D eigenvalue weighted by Crippen LogP contribution is 2.36. The third-order valence-electron chi connectivity index (χ3n) is 7.86. The van der Waals surface area contributed by atoms with Gasteiger partial charge in [0.05, 0.1) is 12.5 Å². The summed E-state index contributed by atoms with van der Waals surface area (Å²) in [6, 6.07) is 12.0.